The lowest BCUT2D eigenvalue weighted by atomic mass is 10.0. The van der Waals surface area contributed by atoms with Crippen molar-refractivity contribution >= 4 is 44.2 Å². The Bertz CT molecular complexity index is 1240. The predicted octanol–water partition coefficient (Wildman–Crippen LogP) is 6.22. The van der Waals surface area contributed by atoms with Crippen molar-refractivity contribution in [3.63, 3.8) is 0 Å². The number of aromatic nitrogens is 1. The maximum atomic E-state index is 13.6. The fourth-order valence-corrected chi connectivity index (χ4v) is 4.92. The van der Waals surface area contributed by atoms with Crippen molar-refractivity contribution in [1.29, 1.82) is 0 Å². The van der Waals surface area contributed by atoms with Gasteiger partial charge in [-0.1, -0.05) is 65.4 Å². The molecule has 1 aromatic heterocycles. The Morgan fingerprint density at radius 1 is 0.970 bits per heavy atom. The summed E-state index contributed by atoms with van der Waals surface area (Å²) in [4.78, 5) is 22.2. The largest absolute Gasteiger partial charge is 0.494 e. The Morgan fingerprint density at radius 3 is 2.33 bits per heavy atom. The van der Waals surface area contributed by atoms with Gasteiger partial charge in [0.1, 0.15) is 11.3 Å². The summed E-state index contributed by atoms with van der Waals surface area (Å²) in [5.74, 6) is 0.562. The molecule has 0 aliphatic heterocycles. The van der Waals surface area contributed by atoms with Gasteiger partial charge in [0, 0.05) is 12.1 Å². The molecule has 4 aromatic rings. The molecule has 0 radical (unpaired) electrons. The lowest BCUT2D eigenvalue weighted by Gasteiger charge is -2.21. The van der Waals surface area contributed by atoms with E-state index in [4.69, 9.17) is 21.3 Å². The van der Waals surface area contributed by atoms with E-state index in [9.17, 15) is 4.79 Å². The van der Waals surface area contributed by atoms with E-state index in [2.05, 4.69) is 17.0 Å². The van der Waals surface area contributed by atoms with Crippen LogP contribution in [0.1, 0.15) is 16.8 Å². The number of anilines is 1. The minimum Gasteiger partial charge on any atom is -0.494 e. The van der Waals surface area contributed by atoms with Gasteiger partial charge in [0.25, 0.3) is 5.91 Å². The van der Waals surface area contributed by atoms with Crippen molar-refractivity contribution in [2.24, 2.45) is 0 Å². The zero-order valence-electron chi connectivity index (χ0n) is 18.9. The van der Waals surface area contributed by atoms with E-state index in [1.165, 1.54) is 11.3 Å². The number of amides is 1. The molecular weight excluding hydrogens is 454 g/mol. The molecular formula is C26H26ClN3O2S. The Labute approximate surface area is 203 Å². The van der Waals surface area contributed by atoms with Gasteiger partial charge in [0.2, 0.25) is 0 Å². The highest BCUT2D eigenvalue weighted by atomic mass is 35.5. The standard InChI is InChI=1S/C26H26ClN3O2S/c1-29(2)16-7-17-30(26-28-23-22(32-3)15-14-21(27)24(23)33-26)25(31)20-12-10-19(11-13-20)18-8-5-4-6-9-18/h4-6,8-15H,7,16-17H2,1-3H3. The molecule has 3 aromatic carbocycles. The average Bonchev–Trinajstić information content (AvgIpc) is 3.28. The third-order valence-corrected chi connectivity index (χ3v) is 6.91. The summed E-state index contributed by atoms with van der Waals surface area (Å²) in [7, 11) is 5.66. The minimum absolute atomic E-state index is 0.0810. The third kappa shape index (κ3) is 5.19. The summed E-state index contributed by atoms with van der Waals surface area (Å²) in [5.41, 5.74) is 3.49. The first-order valence-corrected chi connectivity index (χ1v) is 11.9. The van der Waals surface area contributed by atoms with E-state index in [-0.39, 0.29) is 5.91 Å². The van der Waals surface area contributed by atoms with Gasteiger partial charge in [-0.15, -0.1) is 0 Å². The van der Waals surface area contributed by atoms with E-state index >= 15 is 0 Å². The number of hydrogen-bond donors (Lipinski definition) is 0. The van der Waals surface area contributed by atoms with Gasteiger partial charge in [0.05, 0.1) is 16.8 Å². The normalized spacial score (nSPS) is 11.2. The van der Waals surface area contributed by atoms with Crippen molar-refractivity contribution in [2.75, 3.05) is 39.2 Å². The fourth-order valence-electron chi connectivity index (χ4n) is 3.64. The maximum absolute atomic E-state index is 13.6. The number of methoxy groups -OCH3 is 1. The van der Waals surface area contributed by atoms with Crippen LogP contribution in [0.4, 0.5) is 5.13 Å². The summed E-state index contributed by atoms with van der Waals surface area (Å²) >= 11 is 7.84. The molecule has 0 spiro atoms. The first-order valence-electron chi connectivity index (χ1n) is 10.7. The summed E-state index contributed by atoms with van der Waals surface area (Å²) in [6.45, 7) is 1.42. The van der Waals surface area contributed by atoms with Crippen LogP contribution < -0.4 is 9.64 Å². The molecule has 0 unspecified atom stereocenters. The second kappa shape index (κ2) is 10.3. The molecule has 0 atom stereocenters. The Hall–Kier alpha value is -2.93. The number of fused-ring (bicyclic) bond motifs is 1. The van der Waals surface area contributed by atoms with Gasteiger partial charge in [0.15, 0.2) is 5.13 Å². The number of ether oxygens (including phenoxy) is 1. The number of hydrogen-bond acceptors (Lipinski definition) is 5. The van der Waals surface area contributed by atoms with Crippen LogP contribution in [0, 0.1) is 0 Å². The minimum atomic E-state index is -0.0810. The SMILES string of the molecule is COc1ccc(Cl)c2sc(N(CCCN(C)C)C(=O)c3ccc(-c4ccccc4)cc3)nc12. The van der Waals surface area contributed by atoms with Gasteiger partial charge in [-0.25, -0.2) is 4.98 Å². The molecule has 0 N–H and O–H groups in total. The highest BCUT2D eigenvalue weighted by molar-refractivity contribution is 7.23. The number of rotatable bonds is 8. The molecule has 0 saturated carbocycles. The van der Waals surface area contributed by atoms with Crippen LogP contribution in [0.15, 0.2) is 66.7 Å². The van der Waals surface area contributed by atoms with Crippen molar-refractivity contribution in [2.45, 2.75) is 6.42 Å². The lowest BCUT2D eigenvalue weighted by Crippen LogP contribution is -2.33. The van der Waals surface area contributed by atoms with Crippen molar-refractivity contribution in [1.82, 2.24) is 9.88 Å². The molecule has 1 heterocycles. The highest BCUT2D eigenvalue weighted by Crippen LogP contribution is 2.39. The molecule has 0 aliphatic rings. The third-order valence-electron chi connectivity index (χ3n) is 5.37. The Morgan fingerprint density at radius 2 is 1.67 bits per heavy atom. The zero-order valence-corrected chi connectivity index (χ0v) is 20.5. The van der Waals surface area contributed by atoms with Crippen LogP contribution in [0.3, 0.4) is 0 Å². The second-order valence-corrected chi connectivity index (χ2v) is 9.37. The summed E-state index contributed by atoms with van der Waals surface area (Å²) < 4.78 is 6.28. The average molecular weight is 480 g/mol. The molecule has 4 rings (SSSR count). The molecule has 0 bridgehead atoms. The second-order valence-electron chi connectivity index (χ2n) is 7.98. The van der Waals surface area contributed by atoms with E-state index in [0.717, 1.165) is 28.8 Å². The fraction of sp³-hybridized carbons (Fsp3) is 0.231. The Kier molecular flexibility index (Phi) is 7.28. The first-order chi connectivity index (χ1) is 16.0. The number of carbonyl (C=O) groups is 1. The zero-order chi connectivity index (χ0) is 23.4. The number of nitrogens with zero attached hydrogens (tertiary/aromatic N) is 3. The topological polar surface area (TPSA) is 45.7 Å². The van der Waals surface area contributed by atoms with Gasteiger partial charge in [-0.2, -0.15) is 0 Å². The quantitative estimate of drug-likeness (QED) is 0.301. The van der Waals surface area contributed by atoms with Gasteiger partial charge in [-0.05, 0) is 62.5 Å². The van der Waals surface area contributed by atoms with Crippen molar-refractivity contribution in [3.05, 3.63) is 77.3 Å². The lowest BCUT2D eigenvalue weighted by molar-refractivity contribution is 0.0986. The Balaban J connectivity index is 1.67. The van der Waals surface area contributed by atoms with Crippen LogP contribution in [0.25, 0.3) is 21.3 Å². The molecule has 33 heavy (non-hydrogen) atoms. The number of benzene rings is 3. The maximum Gasteiger partial charge on any atom is 0.260 e. The number of carbonyl (C=O) groups excluding carboxylic acids is 1. The molecule has 0 aliphatic carbocycles. The monoisotopic (exact) mass is 479 g/mol. The van der Waals surface area contributed by atoms with Crippen LogP contribution in [0.5, 0.6) is 5.75 Å². The van der Waals surface area contributed by atoms with E-state index in [1.807, 2.05) is 56.6 Å². The molecule has 5 nitrogen and oxygen atoms in total. The summed E-state index contributed by atoms with van der Waals surface area (Å²) in [6.07, 6.45) is 0.821. The molecule has 0 saturated heterocycles. The van der Waals surface area contributed by atoms with E-state index < -0.39 is 0 Å². The number of halogens is 1. The smallest absolute Gasteiger partial charge is 0.260 e. The first kappa shape index (κ1) is 23.2. The van der Waals surface area contributed by atoms with Crippen LogP contribution in [0.2, 0.25) is 5.02 Å². The molecule has 7 heteroatoms. The molecule has 1 amide bonds. The van der Waals surface area contributed by atoms with Crippen LogP contribution in [-0.2, 0) is 0 Å². The van der Waals surface area contributed by atoms with Crippen LogP contribution in [-0.4, -0.2) is 50.1 Å². The van der Waals surface area contributed by atoms with Gasteiger partial charge < -0.3 is 9.64 Å². The molecule has 170 valence electrons. The van der Waals surface area contributed by atoms with Crippen LogP contribution >= 0.6 is 22.9 Å². The van der Waals surface area contributed by atoms with Gasteiger partial charge in [-0.3, -0.25) is 9.69 Å². The number of thiazole rings is 1. The highest BCUT2D eigenvalue weighted by Gasteiger charge is 2.23. The van der Waals surface area contributed by atoms with E-state index in [1.54, 1.807) is 24.1 Å². The summed E-state index contributed by atoms with van der Waals surface area (Å²) in [5, 5.41) is 1.22. The molecule has 0 fully saturated rings. The van der Waals surface area contributed by atoms with Crippen molar-refractivity contribution < 1.29 is 9.53 Å². The van der Waals surface area contributed by atoms with Crippen molar-refractivity contribution in [3.8, 4) is 16.9 Å². The van der Waals surface area contributed by atoms with Gasteiger partial charge >= 0.3 is 0 Å². The van der Waals surface area contributed by atoms with E-state index in [0.29, 0.717) is 33.5 Å². The predicted molar refractivity (Wildman–Crippen MR) is 138 cm³/mol. The summed E-state index contributed by atoms with van der Waals surface area (Å²) in [6, 6.07) is 21.4.